The van der Waals surface area contributed by atoms with Gasteiger partial charge >= 0.3 is 0 Å². The van der Waals surface area contributed by atoms with Crippen LogP contribution in [-0.2, 0) is 11.2 Å². The highest BCUT2D eigenvalue weighted by molar-refractivity contribution is 7.80. The molecule has 0 radical (unpaired) electrons. The molecular weight excluding hydrogens is 292 g/mol. The lowest BCUT2D eigenvalue weighted by Gasteiger charge is -2.17. The predicted molar refractivity (Wildman–Crippen MR) is 93.6 cm³/mol. The van der Waals surface area contributed by atoms with Crippen molar-refractivity contribution in [3.63, 3.8) is 0 Å². The van der Waals surface area contributed by atoms with Crippen molar-refractivity contribution in [1.82, 2.24) is 10.6 Å². The Morgan fingerprint density at radius 3 is 2.41 bits per heavy atom. The third-order valence-electron chi connectivity index (χ3n) is 3.51. The number of thiocarbonyl (C=S) groups is 1. The first-order valence-electron chi connectivity index (χ1n) is 7.26. The number of aryl methyl sites for hydroxylation is 1. The summed E-state index contributed by atoms with van der Waals surface area (Å²) < 4.78 is 0. The van der Waals surface area contributed by atoms with Crippen LogP contribution < -0.4 is 10.6 Å². The molecule has 1 amide bonds. The summed E-state index contributed by atoms with van der Waals surface area (Å²) in [5, 5.41) is 6.22. The Hall–Kier alpha value is -2.20. The Labute approximate surface area is 136 Å². The maximum atomic E-state index is 12.1. The number of rotatable bonds is 4. The van der Waals surface area contributed by atoms with Crippen LogP contribution in [0.5, 0.6) is 0 Å². The minimum atomic E-state index is -0.105. The smallest absolute Gasteiger partial charge is 0.230 e. The van der Waals surface area contributed by atoms with E-state index in [0.29, 0.717) is 11.5 Å². The fourth-order valence-corrected chi connectivity index (χ4v) is 2.50. The van der Waals surface area contributed by atoms with E-state index in [1.807, 2.05) is 68.4 Å². The van der Waals surface area contributed by atoms with Crippen molar-refractivity contribution in [2.45, 2.75) is 26.3 Å². The molecule has 1 atom stereocenters. The number of nitrogens with one attached hydrogen (secondary N) is 2. The summed E-state index contributed by atoms with van der Waals surface area (Å²) >= 11 is 5.21. The Morgan fingerprint density at radius 1 is 1.09 bits per heavy atom. The molecule has 0 bridgehead atoms. The lowest BCUT2D eigenvalue weighted by atomic mass is 10.1. The molecule has 0 aliphatic heterocycles. The van der Waals surface area contributed by atoms with Gasteiger partial charge < -0.3 is 10.6 Å². The summed E-state index contributed by atoms with van der Waals surface area (Å²) in [5.41, 5.74) is 3.24. The van der Waals surface area contributed by atoms with Gasteiger partial charge in [0.1, 0.15) is 0 Å². The van der Waals surface area contributed by atoms with Gasteiger partial charge in [0.2, 0.25) is 5.91 Å². The fourth-order valence-electron chi connectivity index (χ4n) is 2.21. The van der Waals surface area contributed by atoms with Gasteiger partial charge in [0.05, 0.1) is 12.5 Å². The second-order valence-electron chi connectivity index (χ2n) is 5.26. The average molecular weight is 312 g/mol. The SMILES string of the molecule is Cc1ccccc1CC(=O)NC(=S)NC(C)c1ccccc1. The predicted octanol–water partition coefficient (Wildman–Crippen LogP) is 3.29. The Kier molecular flexibility index (Phi) is 5.67. The van der Waals surface area contributed by atoms with Gasteiger partial charge in [0.25, 0.3) is 0 Å². The normalized spacial score (nSPS) is 11.5. The van der Waals surface area contributed by atoms with E-state index in [2.05, 4.69) is 10.6 Å². The highest BCUT2D eigenvalue weighted by atomic mass is 32.1. The van der Waals surface area contributed by atoms with E-state index in [1.54, 1.807) is 0 Å². The van der Waals surface area contributed by atoms with Crippen molar-refractivity contribution in [3.05, 3.63) is 71.3 Å². The highest BCUT2D eigenvalue weighted by Gasteiger charge is 2.10. The minimum absolute atomic E-state index is 0.0486. The van der Waals surface area contributed by atoms with Crippen LogP contribution in [0.1, 0.15) is 29.7 Å². The number of carbonyl (C=O) groups is 1. The third kappa shape index (κ3) is 4.67. The number of benzene rings is 2. The van der Waals surface area contributed by atoms with Gasteiger partial charge in [-0.25, -0.2) is 0 Å². The van der Waals surface area contributed by atoms with Crippen LogP contribution in [0.25, 0.3) is 0 Å². The van der Waals surface area contributed by atoms with E-state index in [-0.39, 0.29) is 11.9 Å². The molecule has 2 aromatic carbocycles. The molecule has 22 heavy (non-hydrogen) atoms. The van der Waals surface area contributed by atoms with Gasteiger partial charge in [0.15, 0.2) is 5.11 Å². The second-order valence-corrected chi connectivity index (χ2v) is 5.67. The van der Waals surface area contributed by atoms with Crippen molar-refractivity contribution in [3.8, 4) is 0 Å². The molecule has 0 saturated heterocycles. The third-order valence-corrected chi connectivity index (χ3v) is 3.73. The minimum Gasteiger partial charge on any atom is -0.356 e. The summed E-state index contributed by atoms with van der Waals surface area (Å²) in [4.78, 5) is 12.1. The van der Waals surface area contributed by atoms with E-state index in [0.717, 1.165) is 16.7 Å². The molecule has 2 rings (SSSR count). The van der Waals surface area contributed by atoms with Crippen LogP contribution in [-0.4, -0.2) is 11.0 Å². The summed E-state index contributed by atoms with van der Waals surface area (Å²) in [6, 6.07) is 17.9. The summed E-state index contributed by atoms with van der Waals surface area (Å²) in [6.07, 6.45) is 0.328. The molecule has 2 aromatic rings. The fraction of sp³-hybridized carbons (Fsp3) is 0.222. The van der Waals surface area contributed by atoms with Gasteiger partial charge in [0, 0.05) is 0 Å². The van der Waals surface area contributed by atoms with Crippen molar-refractivity contribution in [2.75, 3.05) is 0 Å². The summed E-state index contributed by atoms with van der Waals surface area (Å²) in [6.45, 7) is 4.01. The summed E-state index contributed by atoms with van der Waals surface area (Å²) in [5.74, 6) is -0.105. The van der Waals surface area contributed by atoms with Crippen LogP contribution in [0.3, 0.4) is 0 Å². The Balaban J connectivity index is 1.87. The van der Waals surface area contributed by atoms with Gasteiger partial charge in [-0.05, 0) is 42.8 Å². The Bertz CT molecular complexity index is 655. The number of carbonyl (C=O) groups excluding carboxylic acids is 1. The van der Waals surface area contributed by atoms with Crippen molar-refractivity contribution >= 4 is 23.2 Å². The number of amides is 1. The van der Waals surface area contributed by atoms with Crippen LogP contribution in [0.4, 0.5) is 0 Å². The second kappa shape index (κ2) is 7.71. The average Bonchev–Trinajstić information content (AvgIpc) is 2.50. The zero-order valence-electron chi connectivity index (χ0n) is 12.8. The van der Waals surface area contributed by atoms with E-state index in [1.165, 1.54) is 0 Å². The lowest BCUT2D eigenvalue weighted by Crippen LogP contribution is -2.41. The lowest BCUT2D eigenvalue weighted by molar-refractivity contribution is -0.119. The van der Waals surface area contributed by atoms with Crippen LogP contribution >= 0.6 is 12.2 Å². The molecule has 0 aromatic heterocycles. The number of hydrogen-bond acceptors (Lipinski definition) is 2. The summed E-state index contributed by atoms with van der Waals surface area (Å²) in [7, 11) is 0. The Morgan fingerprint density at radius 2 is 1.73 bits per heavy atom. The van der Waals surface area contributed by atoms with Gasteiger partial charge in [-0.15, -0.1) is 0 Å². The molecule has 0 fully saturated rings. The molecular formula is C18H20N2OS. The molecule has 0 heterocycles. The zero-order chi connectivity index (χ0) is 15.9. The van der Waals surface area contributed by atoms with Crippen LogP contribution in [0.15, 0.2) is 54.6 Å². The maximum absolute atomic E-state index is 12.1. The van der Waals surface area contributed by atoms with E-state index in [4.69, 9.17) is 12.2 Å². The first kappa shape index (κ1) is 16.2. The van der Waals surface area contributed by atoms with Crippen molar-refractivity contribution in [2.24, 2.45) is 0 Å². The van der Waals surface area contributed by atoms with Crippen LogP contribution in [0.2, 0.25) is 0 Å². The zero-order valence-corrected chi connectivity index (χ0v) is 13.6. The highest BCUT2D eigenvalue weighted by Crippen LogP contribution is 2.11. The molecule has 0 spiro atoms. The quantitative estimate of drug-likeness (QED) is 0.851. The van der Waals surface area contributed by atoms with Crippen molar-refractivity contribution < 1.29 is 4.79 Å². The van der Waals surface area contributed by atoms with Crippen LogP contribution in [0, 0.1) is 6.92 Å². The number of hydrogen-bond donors (Lipinski definition) is 2. The molecule has 4 heteroatoms. The van der Waals surface area contributed by atoms with E-state index < -0.39 is 0 Å². The van der Waals surface area contributed by atoms with Gasteiger partial charge in [-0.3, -0.25) is 4.79 Å². The standard InChI is InChI=1S/C18H20N2OS/c1-13-8-6-7-11-16(13)12-17(21)20-18(22)19-14(2)15-9-4-3-5-10-15/h3-11,14H,12H2,1-2H3,(H2,19,20,21,22). The first-order chi connectivity index (χ1) is 10.6. The molecule has 1 unspecified atom stereocenters. The molecule has 3 nitrogen and oxygen atoms in total. The largest absolute Gasteiger partial charge is 0.356 e. The van der Waals surface area contributed by atoms with Gasteiger partial charge in [-0.2, -0.15) is 0 Å². The topological polar surface area (TPSA) is 41.1 Å². The molecule has 114 valence electrons. The van der Waals surface area contributed by atoms with Crippen molar-refractivity contribution in [1.29, 1.82) is 0 Å². The molecule has 2 N–H and O–H groups in total. The van der Waals surface area contributed by atoms with Gasteiger partial charge in [-0.1, -0.05) is 54.6 Å². The van der Waals surface area contributed by atoms with E-state index in [9.17, 15) is 4.79 Å². The van der Waals surface area contributed by atoms with E-state index >= 15 is 0 Å². The monoisotopic (exact) mass is 312 g/mol. The maximum Gasteiger partial charge on any atom is 0.230 e. The molecule has 0 aliphatic carbocycles. The molecule has 0 saturated carbocycles. The molecule has 0 aliphatic rings. The first-order valence-corrected chi connectivity index (χ1v) is 7.67.